The van der Waals surface area contributed by atoms with Gasteiger partial charge in [0.2, 0.25) is 0 Å². The molecule has 23 heavy (non-hydrogen) atoms. The Morgan fingerprint density at radius 1 is 1.35 bits per heavy atom. The normalized spacial score (nSPS) is 11.0. The molecule has 0 aliphatic rings. The average Bonchev–Trinajstić information content (AvgIpc) is 2.74. The van der Waals surface area contributed by atoms with Gasteiger partial charge in [-0.2, -0.15) is 5.10 Å². The van der Waals surface area contributed by atoms with E-state index >= 15 is 0 Å². The van der Waals surface area contributed by atoms with Crippen LogP contribution in [-0.2, 0) is 0 Å². The molecule has 0 fully saturated rings. The molecule has 1 aromatic carbocycles. The summed E-state index contributed by atoms with van der Waals surface area (Å²) in [6.07, 6.45) is 0. The molecule has 126 valence electrons. The van der Waals surface area contributed by atoms with Crippen LogP contribution in [-0.4, -0.2) is 27.8 Å². The van der Waals surface area contributed by atoms with Crippen molar-refractivity contribution in [3.05, 3.63) is 47.0 Å². The molecular formula is C16H22ClFN4O. The number of benzene rings is 1. The molecule has 3 N–H and O–H groups in total. The van der Waals surface area contributed by atoms with E-state index in [4.69, 9.17) is 5.73 Å². The van der Waals surface area contributed by atoms with Gasteiger partial charge in [0, 0.05) is 23.3 Å². The first kappa shape index (κ1) is 19.1. The van der Waals surface area contributed by atoms with Crippen LogP contribution in [0, 0.1) is 19.7 Å². The number of hydrogen-bond donors (Lipinski definition) is 2. The van der Waals surface area contributed by atoms with Crippen LogP contribution in [0.4, 0.5) is 4.39 Å². The van der Waals surface area contributed by atoms with Crippen LogP contribution in [0.3, 0.4) is 0 Å². The fraction of sp³-hybridized carbons (Fsp3) is 0.375. The number of nitrogens with two attached hydrogens (primary N) is 1. The predicted molar refractivity (Wildman–Crippen MR) is 90.8 cm³/mol. The van der Waals surface area contributed by atoms with Gasteiger partial charge >= 0.3 is 0 Å². The van der Waals surface area contributed by atoms with Crippen molar-refractivity contribution in [3.8, 4) is 5.69 Å². The molecule has 1 heterocycles. The quantitative estimate of drug-likeness (QED) is 0.898. The van der Waals surface area contributed by atoms with Crippen LogP contribution in [0.5, 0.6) is 0 Å². The predicted octanol–water partition coefficient (Wildman–Crippen LogP) is 2.52. The Hall–Kier alpha value is -1.92. The molecule has 0 aliphatic heterocycles. The van der Waals surface area contributed by atoms with E-state index in [1.807, 2.05) is 19.9 Å². The molecule has 7 heteroatoms. The molecule has 0 radical (unpaired) electrons. The molecule has 0 spiro atoms. The van der Waals surface area contributed by atoms with Crippen molar-refractivity contribution in [3.63, 3.8) is 0 Å². The van der Waals surface area contributed by atoms with Crippen molar-refractivity contribution in [2.45, 2.75) is 33.2 Å². The largest absolute Gasteiger partial charge is 0.350 e. The molecule has 5 nitrogen and oxygen atoms in total. The molecule has 0 bridgehead atoms. The van der Waals surface area contributed by atoms with Gasteiger partial charge in [0.05, 0.1) is 5.69 Å². The van der Waals surface area contributed by atoms with E-state index < -0.39 is 11.4 Å². The number of carbonyl (C=O) groups is 1. The van der Waals surface area contributed by atoms with Crippen LogP contribution in [0.2, 0.25) is 0 Å². The van der Waals surface area contributed by atoms with E-state index in [-0.39, 0.29) is 23.9 Å². The summed E-state index contributed by atoms with van der Waals surface area (Å²) in [5.41, 5.74) is 7.51. The van der Waals surface area contributed by atoms with Crippen LogP contribution in [0.1, 0.15) is 35.6 Å². The van der Waals surface area contributed by atoms with Gasteiger partial charge in [0.1, 0.15) is 11.5 Å². The second-order valence-electron chi connectivity index (χ2n) is 6.18. The van der Waals surface area contributed by atoms with Crippen LogP contribution in [0.15, 0.2) is 24.3 Å². The van der Waals surface area contributed by atoms with Crippen LogP contribution in [0.25, 0.3) is 5.69 Å². The van der Waals surface area contributed by atoms with Gasteiger partial charge in [-0.25, -0.2) is 9.07 Å². The van der Waals surface area contributed by atoms with Crippen LogP contribution < -0.4 is 11.1 Å². The zero-order valence-corrected chi connectivity index (χ0v) is 14.5. The molecule has 0 atom stereocenters. The number of aromatic nitrogens is 2. The third-order valence-electron chi connectivity index (χ3n) is 3.15. The molecule has 1 amide bonds. The highest BCUT2D eigenvalue weighted by molar-refractivity contribution is 5.94. The topological polar surface area (TPSA) is 72.9 Å². The van der Waals surface area contributed by atoms with Crippen LogP contribution >= 0.6 is 12.4 Å². The number of carbonyl (C=O) groups excluding carboxylic acids is 1. The second-order valence-corrected chi connectivity index (χ2v) is 6.18. The van der Waals surface area contributed by atoms with Gasteiger partial charge in [-0.3, -0.25) is 4.79 Å². The smallest absolute Gasteiger partial charge is 0.251 e. The first-order chi connectivity index (χ1) is 10.2. The van der Waals surface area contributed by atoms with Gasteiger partial charge in [0.15, 0.2) is 0 Å². The van der Waals surface area contributed by atoms with Gasteiger partial charge in [-0.15, -0.1) is 12.4 Å². The number of amides is 1. The molecule has 1 aromatic heterocycles. The molecule has 0 saturated carbocycles. The van der Waals surface area contributed by atoms with Gasteiger partial charge in [-0.1, -0.05) is 0 Å². The lowest BCUT2D eigenvalue weighted by atomic mass is 10.1. The Balaban J connectivity index is 0.00000264. The molecule has 0 saturated heterocycles. The van der Waals surface area contributed by atoms with Gasteiger partial charge in [0.25, 0.3) is 5.91 Å². The lowest BCUT2D eigenvalue weighted by Gasteiger charge is -2.19. The Bertz CT molecular complexity index is 707. The van der Waals surface area contributed by atoms with Crippen molar-refractivity contribution >= 4 is 18.3 Å². The van der Waals surface area contributed by atoms with E-state index in [1.54, 1.807) is 26.0 Å². The Labute approximate surface area is 141 Å². The van der Waals surface area contributed by atoms with Gasteiger partial charge < -0.3 is 11.1 Å². The highest BCUT2D eigenvalue weighted by atomic mass is 35.5. The lowest BCUT2D eigenvalue weighted by Crippen LogP contribution is -2.45. The first-order valence-corrected chi connectivity index (χ1v) is 7.08. The van der Waals surface area contributed by atoms with Crippen molar-refractivity contribution in [1.29, 1.82) is 0 Å². The summed E-state index contributed by atoms with van der Waals surface area (Å²) in [5, 5.41) is 6.93. The zero-order valence-electron chi connectivity index (χ0n) is 13.7. The summed E-state index contributed by atoms with van der Waals surface area (Å²) in [5.74, 6) is -0.844. The van der Waals surface area contributed by atoms with Crippen molar-refractivity contribution in [2.24, 2.45) is 5.73 Å². The molecule has 0 unspecified atom stereocenters. The number of nitrogens with zero attached hydrogens (tertiary/aromatic N) is 2. The summed E-state index contributed by atoms with van der Waals surface area (Å²) in [6, 6.07) is 6.21. The monoisotopic (exact) mass is 340 g/mol. The number of aryl methyl sites for hydroxylation is 2. The fourth-order valence-corrected chi connectivity index (χ4v) is 2.10. The highest BCUT2D eigenvalue weighted by Gasteiger charge is 2.16. The maximum Gasteiger partial charge on any atom is 0.251 e. The summed E-state index contributed by atoms with van der Waals surface area (Å²) in [6.45, 7) is 7.62. The molecular weight excluding hydrogens is 319 g/mol. The summed E-state index contributed by atoms with van der Waals surface area (Å²) >= 11 is 0. The van der Waals surface area contributed by atoms with Crippen molar-refractivity contribution in [2.75, 3.05) is 6.54 Å². The standard InChI is InChI=1S/C16H21FN4O.ClH/c1-10-7-11(2)21(20-10)14-6-5-12(8-13(14)17)15(22)19-9-16(3,4)18;/h5-8H,9,18H2,1-4H3,(H,19,22);1H. The van der Waals surface area contributed by atoms with E-state index in [1.165, 1.54) is 10.7 Å². The third-order valence-corrected chi connectivity index (χ3v) is 3.15. The minimum atomic E-state index is -0.516. The van der Waals surface area contributed by atoms with E-state index in [2.05, 4.69) is 10.4 Å². The number of rotatable bonds is 4. The number of halogens is 2. The summed E-state index contributed by atoms with van der Waals surface area (Å²) < 4.78 is 15.8. The van der Waals surface area contributed by atoms with E-state index in [0.29, 0.717) is 12.2 Å². The molecule has 2 rings (SSSR count). The Morgan fingerprint density at radius 3 is 2.48 bits per heavy atom. The van der Waals surface area contributed by atoms with Crippen molar-refractivity contribution in [1.82, 2.24) is 15.1 Å². The SMILES string of the molecule is Cc1cc(C)n(-c2ccc(C(=O)NCC(C)(C)N)cc2F)n1.Cl. The molecule has 0 aliphatic carbocycles. The lowest BCUT2D eigenvalue weighted by molar-refractivity contribution is 0.0945. The number of hydrogen-bond acceptors (Lipinski definition) is 3. The van der Waals surface area contributed by atoms with E-state index in [9.17, 15) is 9.18 Å². The van der Waals surface area contributed by atoms with Gasteiger partial charge in [-0.05, 0) is 52.0 Å². The third kappa shape index (κ3) is 4.77. The first-order valence-electron chi connectivity index (χ1n) is 7.08. The Kier molecular flexibility index (Phi) is 5.91. The highest BCUT2D eigenvalue weighted by Crippen LogP contribution is 2.17. The zero-order chi connectivity index (χ0) is 16.5. The maximum atomic E-state index is 14.3. The second kappa shape index (κ2) is 7.10. The minimum Gasteiger partial charge on any atom is -0.350 e. The maximum absolute atomic E-state index is 14.3. The summed E-state index contributed by atoms with van der Waals surface area (Å²) in [7, 11) is 0. The number of nitrogens with one attached hydrogen (secondary N) is 1. The average molecular weight is 341 g/mol. The minimum absolute atomic E-state index is 0. The molecule has 2 aromatic rings. The summed E-state index contributed by atoms with van der Waals surface area (Å²) in [4.78, 5) is 12.0. The van der Waals surface area contributed by atoms with E-state index in [0.717, 1.165) is 11.4 Å². The Morgan fingerprint density at radius 2 is 2.00 bits per heavy atom. The van der Waals surface area contributed by atoms with Crippen molar-refractivity contribution < 1.29 is 9.18 Å². The fourth-order valence-electron chi connectivity index (χ4n) is 2.10.